The summed E-state index contributed by atoms with van der Waals surface area (Å²) in [7, 11) is 0. The van der Waals surface area contributed by atoms with Crippen molar-refractivity contribution in [3.05, 3.63) is 52.1 Å². The largest absolute Gasteiger partial charge is 0.311 e. The van der Waals surface area contributed by atoms with Crippen LogP contribution in [-0.2, 0) is 19.5 Å². The molecule has 0 unspecified atom stereocenters. The molecular formula is C13H13ClFN3. The van der Waals surface area contributed by atoms with Gasteiger partial charge in [-0.15, -0.1) is 0 Å². The molecule has 5 heteroatoms. The zero-order chi connectivity index (χ0) is 12.5. The van der Waals surface area contributed by atoms with Crippen LogP contribution in [0.25, 0.3) is 0 Å². The summed E-state index contributed by atoms with van der Waals surface area (Å²) in [5.74, 6) is -0.282. The Hall–Kier alpha value is -1.39. The van der Waals surface area contributed by atoms with Gasteiger partial charge in [-0.05, 0) is 30.7 Å². The van der Waals surface area contributed by atoms with Gasteiger partial charge >= 0.3 is 0 Å². The van der Waals surface area contributed by atoms with Crippen LogP contribution in [-0.4, -0.2) is 16.3 Å². The van der Waals surface area contributed by atoms with Gasteiger partial charge in [0.2, 0.25) is 0 Å². The highest BCUT2D eigenvalue weighted by molar-refractivity contribution is 6.30. The van der Waals surface area contributed by atoms with Crippen LogP contribution in [0.5, 0.6) is 0 Å². The van der Waals surface area contributed by atoms with E-state index in [1.807, 2.05) is 10.9 Å². The maximum Gasteiger partial charge on any atom is 0.129 e. The number of hydrogen-bond donors (Lipinski definition) is 1. The van der Waals surface area contributed by atoms with Crippen LogP contribution < -0.4 is 5.32 Å². The van der Waals surface area contributed by atoms with Gasteiger partial charge in [0, 0.05) is 17.1 Å². The summed E-state index contributed by atoms with van der Waals surface area (Å²) in [6, 6.07) is 4.75. The minimum Gasteiger partial charge on any atom is -0.311 e. The molecule has 0 fully saturated rings. The molecule has 3 rings (SSSR count). The SMILES string of the molecule is Fc1cc(Cl)ccc1Cn1ncc2c1CNCC2. The number of fused-ring (bicyclic) bond motifs is 1. The summed E-state index contributed by atoms with van der Waals surface area (Å²) < 4.78 is 15.6. The van der Waals surface area contributed by atoms with Crippen molar-refractivity contribution in [1.82, 2.24) is 15.1 Å². The van der Waals surface area contributed by atoms with E-state index in [9.17, 15) is 4.39 Å². The van der Waals surface area contributed by atoms with Crippen molar-refractivity contribution < 1.29 is 4.39 Å². The van der Waals surface area contributed by atoms with Crippen molar-refractivity contribution in [3.8, 4) is 0 Å². The van der Waals surface area contributed by atoms with Crippen LogP contribution in [0.1, 0.15) is 16.8 Å². The number of hydrogen-bond acceptors (Lipinski definition) is 2. The molecule has 94 valence electrons. The number of nitrogens with one attached hydrogen (secondary N) is 1. The molecule has 2 heterocycles. The first-order chi connectivity index (χ1) is 8.74. The van der Waals surface area contributed by atoms with Crippen LogP contribution >= 0.6 is 11.6 Å². The number of nitrogens with zero attached hydrogens (tertiary/aromatic N) is 2. The third-order valence-electron chi connectivity index (χ3n) is 3.23. The Morgan fingerprint density at radius 1 is 1.44 bits per heavy atom. The maximum atomic E-state index is 13.7. The predicted molar refractivity (Wildman–Crippen MR) is 68.1 cm³/mol. The van der Waals surface area contributed by atoms with Gasteiger partial charge in [0.15, 0.2) is 0 Å². The second-order valence-corrected chi connectivity index (χ2v) is 4.87. The molecule has 0 atom stereocenters. The standard InChI is InChI=1S/C13H13ClFN3/c14-11-2-1-10(12(15)5-11)8-18-13-7-16-4-3-9(13)6-17-18/h1-2,5-6,16H,3-4,7-8H2. The summed E-state index contributed by atoms with van der Waals surface area (Å²) in [6.45, 7) is 2.22. The Labute approximate surface area is 110 Å². The Balaban J connectivity index is 1.90. The third-order valence-corrected chi connectivity index (χ3v) is 3.47. The molecule has 0 saturated carbocycles. The minimum atomic E-state index is -0.282. The van der Waals surface area contributed by atoms with E-state index in [0.717, 1.165) is 25.2 Å². The Morgan fingerprint density at radius 2 is 2.33 bits per heavy atom. The quantitative estimate of drug-likeness (QED) is 0.904. The first kappa shape index (κ1) is 11.7. The summed E-state index contributed by atoms with van der Waals surface area (Å²) in [4.78, 5) is 0. The van der Waals surface area contributed by atoms with E-state index in [-0.39, 0.29) is 5.82 Å². The zero-order valence-electron chi connectivity index (χ0n) is 9.79. The molecule has 1 aromatic carbocycles. The fourth-order valence-electron chi connectivity index (χ4n) is 2.24. The lowest BCUT2D eigenvalue weighted by Crippen LogP contribution is -2.25. The summed E-state index contributed by atoms with van der Waals surface area (Å²) in [6.07, 6.45) is 2.86. The Kier molecular flexibility index (Phi) is 3.06. The van der Waals surface area contributed by atoms with E-state index in [0.29, 0.717) is 17.1 Å². The van der Waals surface area contributed by atoms with Gasteiger partial charge in [-0.3, -0.25) is 4.68 Å². The van der Waals surface area contributed by atoms with E-state index < -0.39 is 0 Å². The highest BCUT2D eigenvalue weighted by Gasteiger charge is 2.15. The van der Waals surface area contributed by atoms with Crippen molar-refractivity contribution in [2.24, 2.45) is 0 Å². The van der Waals surface area contributed by atoms with E-state index in [2.05, 4.69) is 10.4 Å². The molecule has 2 aromatic rings. The van der Waals surface area contributed by atoms with Crippen molar-refractivity contribution in [1.29, 1.82) is 0 Å². The van der Waals surface area contributed by atoms with Crippen molar-refractivity contribution in [3.63, 3.8) is 0 Å². The molecule has 1 aromatic heterocycles. The average molecular weight is 266 g/mol. The van der Waals surface area contributed by atoms with Crippen LogP contribution in [0.15, 0.2) is 24.4 Å². The molecule has 0 bridgehead atoms. The fraction of sp³-hybridized carbons (Fsp3) is 0.308. The number of rotatable bonds is 2. The lowest BCUT2D eigenvalue weighted by molar-refractivity contribution is 0.548. The molecule has 0 aliphatic carbocycles. The molecule has 0 saturated heterocycles. The van der Waals surface area contributed by atoms with Gasteiger partial charge in [0.25, 0.3) is 0 Å². The van der Waals surface area contributed by atoms with Gasteiger partial charge in [-0.1, -0.05) is 17.7 Å². The minimum absolute atomic E-state index is 0.282. The third kappa shape index (κ3) is 2.13. The zero-order valence-corrected chi connectivity index (χ0v) is 10.5. The second kappa shape index (κ2) is 4.71. The van der Waals surface area contributed by atoms with Crippen LogP contribution in [0, 0.1) is 5.82 Å². The number of aromatic nitrogens is 2. The smallest absolute Gasteiger partial charge is 0.129 e. The summed E-state index contributed by atoms with van der Waals surface area (Å²) >= 11 is 5.74. The first-order valence-corrected chi connectivity index (χ1v) is 6.30. The van der Waals surface area contributed by atoms with Gasteiger partial charge in [-0.25, -0.2) is 4.39 Å². The molecule has 1 aliphatic heterocycles. The van der Waals surface area contributed by atoms with Crippen molar-refractivity contribution >= 4 is 11.6 Å². The fourth-order valence-corrected chi connectivity index (χ4v) is 2.40. The Morgan fingerprint density at radius 3 is 3.17 bits per heavy atom. The van der Waals surface area contributed by atoms with Gasteiger partial charge in [-0.2, -0.15) is 5.10 Å². The summed E-state index contributed by atoms with van der Waals surface area (Å²) in [5, 5.41) is 8.05. The molecular weight excluding hydrogens is 253 g/mol. The Bertz CT molecular complexity index is 580. The number of benzene rings is 1. The molecule has 0 amide bonds. The molecule has 0 spiro atoms. The number of halogens is 2. The molecule has 1 N–H and O–H groups in total. The first-order valence-electron chi connectivity index (χ1n) is 5.92. The highest BCUT2D eigenvalue weighted by atomic mass is 35.5. The monoisotopic (exact) mass is 265 g/mol. The van der Waals surface area contributed by atoms with Crippen LogP contribution in [0.3, 0.4) is 0 Å². The molecule has 18 heavy (non-hydrogen) atoms. The van der Waals surface area contributed by atoms with Gasteiger partial charge < -0.3 is 5.32 Å². The molecule has 0 radical (unpaired) electrons. The lowest BCUT2D eigenvalue weighted by atomic mass is 10.1. The molecule has 3 nitrogen and oxygen atoms in total. The lowest BCUT2D eigenvalue weighted by Gasteiger charge is -2.15. The van der Waals surface area contributed by atoms with E-state index in [1.54, 1.807) is 12.1 Å². The topological polar surface area (TPSA) is 29.9 Å². The van der Waals surface area contributed by atoms with Gasteiger partial charge in [0.05, 0.1) is 18.4 Å². The van der Waals surface area contributed by atoms with E-state index in [1.165, 1.54) is 11.6 Å². The summed E-state index contributed by atoms with van der Waals surface area (Å²) in [5.41, 5.74) is 3.01. The van der Waals surface area contributed by atoms with Crippen LogP contribution in [0.4, 0.5) is 4.39 Å². The van der Waals surface area contributed by atoms with Crippen LogP contribution in [0.2, 0.25) is 5.02 Å². The normalized spacial score (nSPS) is 14.6. The maximum absolute atomic E-state index is 13.7. The predicted octanol–water partition coefficient (Wildman–Crippen LogP) is 2.37. The van der Waals surface area contributed by atoms with Gasteiger partial charge in [0.1, 0.15) is 5.82 Å². The molecule has 1 aliphatic rings. The van der Waals surface area contributed by atoms with E-state index in [4.69, 9.17) is 11.6 Å². The van der Waals surface area contributed by atoms with E-state index >= 15 is 0 Å². The average Bonchev–Trinajstić information content (AvgIpc) is 2.76. The second-order valence-electron chi connectivity index (χ2n) is 4.44. The van der Waals surface area contributed by atoms with Crippen molar-refractivity contribution in [2.45, 2.75) is 19.5 Å². The van der Waals surface area contributed by atoms with Crippen molar-refractivity contribution in [2.75, 3.05) is 6.54 Å². The highest BCUT2D eigenvalue weighted by Crippen LogP contribution is 2.18.